The Labute approximate surface area is 185 Å². The van der Waals surface area contributed by atoms with E-state index in [1.807, 2.05) is 42.5 Å². The molecule has 0 bridgehead atoms. The number of benzene rings is 2. The van der Waals surface area contributed by atoms with E-state index in [2.05, 4.69) is 15.4 Å². The van der Waals surface area contributed by atoms with E-state index in [1.165, 1.54) is 6.33 Å². The minimum absolute atomic E-state index is 0.0713. The zero-order valence-corrected chi connectivity index (χ0v) is 18.2. The van der Waals surface area contributed by atoms with Crippen LogP contribution in [0.15, 0.2) is 60.1 Å². The van der Waals surface area contributed by atoms with Crippen LogP contribution in [-0.2, 0) is 4.79 Å². The van der Waals surface area contributed by atoms with Crippen molar-refractivity contribution < 1.29 is 19.0 Å². The Kier molecular flexibility index (Phi) is 5.05. The molecule has 164 valence electrons. The number of fused-ring (bicyclic) bond motifs is 1. The Morgan fingerprint density at radius 3 is 2.53 bits per heavy atom. The van der Waals surface area contributed by atoms with Crippen LogP contribution in [0, 0.1) is 0 Å². The fourth-order valence-electron chi connectivity index (χ4n) is 4.68. The lowest BCUT2D eigenvalue weighted by Crippen LogP contribution is -2.33. The highest BCUT2D eigenvalue weighted by atomic mass is 16.5. The standard InChI is InChI=1S/C24H24N4O4/c1-30-16-9-7-14(8-10-16)15-11-18-21(19(29)12-15)22(28-24(27-18)25-13-26-28)17-5-4-6-20(31-2)23(17)32-3/h4-10,13,15,22H,11-12H2,1-3H3,(H,25,26,27). The molecule has 0 radical (unpaired) electrons. The molecular weight excluding hydrogens is 408 g/mol. The van der Waals surface area contributed by atoms with Crippen LogP contribution in [0.1, 0.15) is 35.9 Å². The molecule has 5 rings (SSSR count). The number of allylic oxidation sites excluding steroid dienone is 2. The molecular formula is C24H24N4O4. The Morgan fingerprint density at radius 2 is 1.81 bits per heavy atom. The number of ketones is 1. The number of nitrogens with zero attached hydrogens (tertiary/aromatic N) is 3. The summed E-state index contributed by atoms with van der Waals surface area (Å²) >= 11 is 0. The van der Waals surface area contributed by atoms with Crippen molar-refractivity contribution in [3.63, 3.8) is 0 Å². The van der Waals surface area contributed by atoms with Gasteiger partial charge in [-0.2, -0.15) is 10.1 Å². The van der Waals surface area contributed by atoms with Crippen molar-refractivity contribution in [2.24, 2.45) is 0 Å². The number of carbonyl (C=O) groups is 1. The van der Waals surface area contributed by atoms with Crippen LogP contribution >= 0.6 is 0 Å². The quantitative estimate of drug-likeness (QED) is 0.657. The van der Waals surface area contributed by atoms with Gasteiger partial charge in [-0.3, -0.25) is 4.79 Å². The van der Waals surface area contributed by atoms with Gasteiger partial charge in [-0.05, 0) is 36.1 Å². The SMILES string of the molecule is COc1ccc(C2CC(=O)C3=C(C2)Nc2ncnn2C3c2cccc(OC)c2OC)cc1. The van der Waals surface area contributed by atoms with E-state index in [0.29, 0.717) is 35.9 Å². The number of rotatable bonds is 5. The highest BCUT2D eigenvalue weighted by Gasteiger charge is 2.40. The van der Waals surface area contributed by atoms with Gasteiger partial charge in [0.05, 0.1) is 21.3 Å². The molecule has 32 heavy (non-hydrogen) atoms. The van der Waals surface area contributed by atoms with Gasteiger partial charge in [0.15, 0.2) is 17.3 Å². The van der Waals surface area contributed by atoms with Gasteiger partial charge in [-0.15, -0.1) is 0 Å². The van der Waals surface area contributed by atoms with E-state index in [0.717, 1.165) is 22.6 Å². The maximum absolute atomic E-state index is 13.5. The van der Waals surface area contributed by atoms with Crippen LogP contribution in [-0.4, -0.2) is 41.9 Å². The third-order valence-corrected chi connectivity index (χ3v) is 6.18. The first-order valence-corrected chi connectivity index (χ1v) is 10.4. The predicted molar refractivity (Wildman–Crippen MR) is 118 cm³/mol. The van der Waals surface area contributed by atoms with Gasteiger partial charge in [-0.1, -0.05) is 24.3 Å². The molecule has 2 unspecified atom stereocenters. The van der Waals surface area contributed by atoms with Crippen LogP contribution in [0.5, 0.6) is 17.2 Å². The van der Waals surface area contributed by atoms with Crippen LogP contribution in [0.3, 0.4) is 0 Å². The molecule has 1 aliphatic carbocycles. The van der Waals surface area contributed by atoms with Crippen molar-refractivity contribution in [3.05, 3.63) is 71.2 Å². The normalized spacial score (nSPS) is 19.7. The summed E-state index contributed by atoms with van der Waals surface area (Å²) < 4.78 is 18.2. The van der Waals surface area contributed by atoms with Gasteiger partial charge < -0.3 is 19.5 Å². The van der Waals surface area contributed by atoms with Crippen molar-refractivity contribution >= 4 is 11.7 Å². The van der Waals surface area contributed by atoms with E-state index in [1.54, 1.807) is 26.0 Å². The third kappa shape index (κ3) is 3.19. The molecule has 0 amide bonds. The van der Waals surface area contributed by atoms with Crippen molar-refractivity contribution in [1.29, 1.82) is 0 Å². The lowest BCUT2D eigenvalue weighted by molar-refractivity contribution is -0.116. The smallest absolute Gasteiger partial charge is 0.226 e. The number of methoxy groups -OCH3 is 3. The average Bonchev–Trinajstić information content (AvgIpc) is 3.30. The third-order valence-electron chi connectivity index (χ3n) is 6.18. The number of ether oxygens (including phenoxy) is 3. The van der Waals surface area contributed by atoms with E-state index in [4.69, 9.17) is 14.2 Å². The Bertz CT molecular complexity index is 1200. The number of anilines is 1. The predicted octanol–water partition coefficient (Wildman–Crippen LogP) is 3.72. The molecule has 3 aromatic rings. The monoisotopic (exact) mass is 432 g/mol. The number of para-hydroxylation sites is 1. The van der Waals surface area contributed by atoms with Gasteiger partial charge in [0.1, 0.15) is 18.1 Å². The van der Waals surface area contributed by atoms with E-state index >= 15 is 0 Å². The molecule has 2 heterocycles. The Balaban J connectivity index is 1.60. The van der Waals surface area contributed by atoms with Gasteiger partial charge in [0, 0.05) is 23.3 Å². The molecule has 8 nitrogen and oxygen atoms in total. The molecule has 2 aromatic carbocycles. The van der Waals surface area contributed by atoms with E-state index < -0.39 is 6.04 Å². The minimum Gasteiger partial charge on any atom is -0.497 e. The minimum atomic E-state index is -0.446. The summed E-state index contributed by atoms with van der Waals surface area (Å²) in [4.78, 5) is 17.9. The summed E-state index contributed by atoms with van der Waals surface area (Å²) in [6.07, 6.45) is 2.61. The summed E-state index contributed by atoms with van der Waals surface area (Å²) in [5, 5.41) is 7.76. The molecule has 1 aliphatic heterocycles. The van der Waals surface area contributed by atoms with Gasteiger partial charge in [-0.25, -0.2) is 4.68 Å². The lowest BCUT2D eigenvalue weighted by Gasteiger charge is -2.35. The summed E-state index contributed by atoms with van der Waals surface area (Å²) in [6, 6.07) is 13.1. The van der Waals surface area contributed by atoms with E-state index in [9.17, 15) is 4.79 Å². The zero-order chi connectivity index (χ0) is 22.2. The number of hydrogen-bond acceptors (Lipinski definition) is 7. The second-order valence-corrected chi connectivity index (χ2v) is 7.83. The molecule has 0 saturated heterocycles. The van der Waals surface area contributed by atoms with E-state index in [-0.39, 0.29) is 11.7 Å². The zero-order valence-electron chi connectivity index (χ0n) is 18.2. The summed E-state index contributed by atoms with van der Waals surface area (Å²) in [7, 11) is 4.84. The summed E-state index contributed by atoms with van der Waals surface area (Å²) in [5.74, 6) is 2.73. The summed E-state index contributed by atoms with van der Waals surface area (Å²) in [5.41, 5.74) is 3.48. The molecule has 1 aromatic heterocycles. The molecule has 0 fully saturated rings. The molecule has 2 atom stereocenters. The van der Waals surface area contributed by atoms with Crippen molar-refractivity contribution in [2.45, 2.75) is 24.8 Å². The van der Waals surface area contributed by atoms with Gasteiger partial charge in [0.2, 0.25) is 5.95 Å². The van der Waals surface area contributed by atoms with Crippen LogP contribution < -0.4 is 19.5 Å². The fourth-order valence-corrected chi connectivity index (χ4v) is 4.68. The fraction of sp³-hybridized carbons (Fsp3) is 0.292. The molecule has 1 N–H and O–H groups in total. The summed E-state index contributed by atoms with van der Waals surface area (Å²) in [6.45, 7) is 0. The highest BCUT2D eigenvalue weighted by molar-refractivity contribution is 6.00. The maximum atomic E-state index is 13.5. The van der Waals surface area contributed by atoms with Crippen molar-refractivity contribution in [2.75, 3.05) is 26.6 Å². The van der Waals surface area contributed by atoms with Crippen molar-refractivity contribution in [3.8, 4) is 17.2 Å². The maximum Gasteiger partial charge on any atom is 0.226 e. The largest absolute Gasteiger partial charge is 0.497 e. The second kappa shape index (κ2) is 8.03. The molecule has 8 heteroatoms. The Hall–Kier alpha value is -3.81. The van der Waals surface area contributed by atoms with Crippen LogP contribution in [0.25, 0.3) is 0 Å². The number of aromatic nitrogens is 3. The average molecular weight is 432 g/mol. The topological polar surface area (TPSA) is 87.5 Å². The number of carbonyl (C=O) groups excluding carboxylic acids is 1. The lowest BCUT2D eigenvalue weighted by atomic mass is 9.77. The van der Waals surface area contributed by atoms with Gasteiger partial charge in [0.25, 0.3) is 0 Å². The molecule has 0 saturated carbocycles. The number of Topliss-reactive ketones (excluding diaryl/α,β-unsaturated/α-hetero) is 1. The van der Waals surface area contributed by atoms with Gasteiger partial charge >= 0.3 is 0 Å². The van der Waals surface area contributed by atoms with Crippen LogP contribution in [0.2, 0.25) is 0 Å². The molecule has 2 aliphatic rings. The molecule has 0 spiro atoms. The second-order valence-electron chi connectivity index (χ2n) is 7.83. The first-order valence-electron chi connectivity index (χ1n) is 10.4. The highest BCUT2D eigenvalue weighted by Crippen LogP contribution is 2.47. The van der Waals surface area contributed by atoms with Crippen LogP contribution in [0.4, 0.5) is 5.95 Å². The number of nitrogens with one attached hydrogen (secondary N) is 1. The first-order chi connectivity index (χ1) is 15.6. The Morgan fingerprint density at radius 1 is 1.00 bits per heavy atom. The van der Waals surface area contributed by atoms with Crippen molar-refractivity contribution in [1.82, 2.24) is 14.8 Å². The number of hydrogen-bond donors (Lipinski definition) is 1. The first kappa shape index (κ1) is 20.1.